The zero-order valence-corrected chi connectivity index (χ0v) is 28.9. The minimum absolute atomic E-state index is 0.0221. The molecule has 252 valence electrons. The summed E-state index contributed by atoms with van der Waals surface area (Å²) in [6, 6.07) is 8.32. The molecule has 0 spiro atoms. The molecule has 1 heterocycles. The predicted molar refractivity (Wildman–Crippen MR) is 179 cm³/mol. The number of aliphatic hydroxyl groups is 2. The van der Waals surface area contributed by atoms with E-state index < -0.39 is 24.2 Å². The number of halogens is 1. The van der Waals surface area contributed by atoms with Crippen molar-refractivity contribution in [1.29, 1.82) is 0 Å². The summed E-state index contributed by atoms with van der Waals surface area (Å²) in [5, 5.41) is 29.1. The number of carbonyl (C=O) groups is 2. The lowest BCUT2D eigenvalue weighted by Crippen LogP contribution is -2.62. The van der Waals surface area contributed by atoms with Crippen molar-refractivity contribution in [1.82, 2.24) is 15.7 Å². The smallest absolute Gasteiger partial charge is 0.251 e. The first-order valence-corrected chi connectivity index (χ1v) is 16.5. The second-order valence-electron chi connectivity index (χ2n) is 14.1. The van der Waals surface area contributed by atoms with Gasteiger partial charge in [0.2, 0.25) is 5.91 Å². The Morgan fingerprint density at radius 2 is 1.93 bits per heavy atom. The Kier molecular flexibility index (Phi) is 9.97. The van der Waals surface area contributed by atoms with Gasteiger partial charge in [-0.25, -0.2) is 0 Å². The van der Waals surface area contributed by atoms with E-state index in [9.17, 15) is 19.8 Å². The largest absolute Gasteiger partial charge is 0.496 e. The fourth-order valence-electron chi connectivity index (χ4n) is 8.15. The van der Waals surface area contributed by atoms with Gasteiger partial charge in [-0.15, -0.1) is 0 Å². The van der Waals surface area contributed by atoms with Gasteiger partial charge in [0.05, 0.1) is 26.4 Å². The van der Waals surface area contributed by atoms with Gasteiger partial charge in [0.15, 0.2) is 0 Å². The van der Waals surface area contributed by atoms with Crippen molar-refractivity contribution in [2.24, 2.45) is 29.1 Å². The highest BCUT2D eigenvalue weighted by Gasteiger charge is 2.57. The molecule has 8 atom stereocenters. The summed E-state index contributed by atoms with van der Waals surface area (Å²) in [4.78, 5) is 34.9. The number of anilines is 1. The number of amides is 2. The van der Waals surface area contributed by atoms with Crippen molar-refractivity contribution in [3.8, 4) is 16.9 Å². The third-order valence-corrected chi connectivity index (χ3v) is 11.4. The molecule has 3 saturated carbocycles. The molecule has 4 fully saturated rings. The monoisotopic (exact) mass is 656 g/mol. The molecule has 0 radical (unpaired) electrons. The first kappa shape index (κ1) is 34.4. The number of hydrogen-bond acceptors (Lipinski definition) is 8. The number of aliphatic hydroxyl groups excluding tert-OH is 2. The van der Waals surface area contributed by atoms with Gasteiger partial charge >= 0.3 is 0 Å². The average molecular weight is 657 g/mol. The molecule has 2 amide bonds. The lowest BCUT2D eigenvalue weighted by atomic mass is 9.45. The van der Waals surface area contributed by atoms with Gasteiger partial charge in [-0.05, 0) is 78.8 Å². The summed E-state index contributed by atoms with van der Waals surface area (Å²) in [5.74, 6) is 0.775. The van der Waals surface area contributed by atoms with Crippen molar-refractivity contribution >= 4 is 29.1 Å². The lowest BCUT2D eigenvalue weighted by molar-refractivity contribution is -0.183. The maximum atomic E-state index is 14.1. The van der Waals surface area contributed by atoms with Crippen LogP contribution < -0.4 is 20.3 Å². The molecule has 2 aromatic rings. The van der Waals surface area contributed by atoms with Crippen molar-refractivity contribution < 1.29 is 29.4 Å². The molecule has 2 aromatic carbocycles. The van der Waals surface area contributed by atoms with Crippen LogP contribution in [0, 0.1) is 29.1 Å². The van der Waals surface area contributed by atoms with Gasteiger partial charge in [-0.3, -0.25) is 14.4 Å². The number of nitrogens with zero attached hydrogens (tertiary/aromatic N) is 2. The van der Waals surface area contributed by atoms with Crippen molar-refractivity contribution in [3.05, 3.63) is 46.5 Å². The molecule has 3 aliphatic carbocycles. The SMILES string of the molecule is CNC(=O)c1cc(-c2ccc(Cl)c(CN3O[C@@H](CO)[C@@H]([C@H](C)O)[C@H]3C(=O)N[C@H]3C[C@H]4C[C@@H]([C@@H]3C)C4(C)C)c2OC)cc(N(C)C)c1. The van der Waals surface area contributed by atoms with Gasteiger partial charge < -0.3 is 30.5 Å². The lowest BCUT2D eigenvalue weighted by Gasteiger charge is -2.62. The number of carbonyl (C=O) groups excluding carboxylic acids is 2. The van der Waals surface area contributed by atoms with Crippen molar-refractivity contribution in [3.63, 3.8) is 0 Å². The summed E-state index contributed by atoms with van der Waals surface area (Å²) in [5.41, 5.74) is 3.63. The van der Waals surface area contributed by atoms with Crippen LogP contribution in [0.4, 0.5) is 5.69 Å². The van der Waals surface area contributed by atoms with Crippen molar-refractivity contribution in [2.45, 2.75) is 71.4 Å². The Balaban J connectivity index is 1.50. The van der Waals surface area contributed by atoms with Gasteiger partial charge in [-0.1, -0.05) is 32.4 Å². The van der Waals surface area contributed by atoms with E-state index in [2.05, 4.69) is 31.4 Å². The predicted octanol–water partition coefficient (Wildman–Crippen LogP) is 4.10. The van der Waals surface area contributed by atoms with Crippen LogP contribution in [-0.4, -0.2) is 86.2 Å². The molecule has 11 heteroatoms. The summed E-state index contributed by atoms with van der Waals surface area (Å²) in [6.07, 6.45) is 0.401. The zero-order chi connectivity index (χ0) is 33.7. The Morgan fingerprint density at radius 3 is 2.50 bits per heavy atom. The minimum atomic E-state index is -0.922. The highest BCUT2D eigenvalue weighted by atomic mass is 35.5. The average Bonchev–Trinajstić information content (AvgIpc) is 3.40. The Morgan fingerprint density at radius 1 is 1.22 bits per heavy atom. The fraction of sp³-hybridized carbons (Fsp3) is 0.600. The second-order valence-corrected chi connectivity index (χ2v) is 14.5. The molecule has 1 saturated heterocycles. The molecule has 46 heavy (non-hydrogen) atoms. The molecule has 6 rings (SSSR count). The number of hydroxylamine groups is 2. The van der Waals surface area contributed by atoms with Gasteiger partial charge in [0.25, 0.3) is 5.91 Å². The van der Waals surface area contributed by atoms with Gasteiger partial charge in [0, 0.05) is 60.5 Å². The first-order chi connectivity index (χ1) is 21.7. The molecule has 4 N–H and O–H groups in total. The van der Waals surface area contributed by atoms with Crippen LogP contribution in [0.3, 0.4) is 0 Å². The number of benzene rings is 2. The number of nitrogens with one attached hydrogen (secondary N) is 2. The van der Waals surface area contributed by atoms with E-state index in [1.54, 1.807) is 33.2 Å². The van der Waals surface area contributed by atoms with E-state index in [1.165, 1.54) is 11.5 Å². The van der Waals surface area contributed by atoms with Gasteiger partial charge in [-0.2, -0.15) is 5.06 Å². The van der Waals surface area contributed by atoms with Crippen LogP contribution >= 0.6 is 11.6 Å². The summed E-state index contributed by atoms with van der Waals surface area (Å²) >= 11 is 6.82. The number of methoxy groups -OCH3 is 1. The number of ether oxygens (including phenoxy) is 1. The minimum Gasteiger partial charge on any atom is -0.496 e. The van der Waals surface area contributed by atoms with E-state index in [0.717, 1.165) is 17.7 Å². The standard InChI is InChI=1S/C35H49ClN4O6/c1-18-26-14-22(35(26,3)4)15-28(18)38-34(44)31-30(19(2)42)29(17-41)46-40(31)16-25-27(36)10-9-24(32(25)45-8)20-11-21(33(43)37-5)13-23(12-20)39(6)7/h9-13,18-19,22,26,28-31,41-42H,14-17H2,1-8H3,(H,37,43)(H,38,44)/t18-,19-,22+,26-,28-,29-,30+,31-/m0/s1. The van der Waals surface area contributed by atoms with Crippen LogP contribution in [-0.2, 0) is 16.2 Å². The molecule has 1 aliphatic heterocycles. The van der Waals surface area contributed by atoms with Crippen LogP contribution in [0.1, 0.15) is 56.5 Å². The number of rotatable bonds is 10. The van der Waals surface area contributed by atoms with Crippen molar-refractivity contribution in [2.75, 3.05) is 39.8 Å². The van der Waals surface area contributed by atoms with Crippen LogP contribution in [0.2, 0.25) is 5.02 Å². The van der Waals surface area contributed by atoms with E-state index in [0.29, 0.717) is 45.2 Å². The number of fused-ring (bicyclic) bond motifs is 2. The molecular formula is C35H49ClN4O6. The molecule has 0 aromatic heterocycles. The highest BCUT2D eigenvalue weighted by Crippen LogP contribution is 2.61. The maximum Gasteiger partial charge on any atom is 0.251 e. The summed E-state index contributed by atoms with van der Waals surface area (Å²) in [7, 11) is 6.95. The summed E-state index contributed by atoms with van der Waals surface area (Å²) in [6.45, 7) is 8.18. The molecule has 4 aliphatic rings. The quantitative estimate of drug-likeness (QED) is 0.302. The Bertz CT molecular complexity index is 1460. The molecule has 0 unspecified atom stereocenters. The van der Waals surface area contributed by atoms with E-state index in [-0.39, 0.29) is 36.4 Å². The number of hydrogen-bond donors (Lipinski definition) is 4. The third kappa shape index (κ3) is 6.10. The second kappa shape index (κ2) is 13.3. The van der Waals surface area contributed by atoms with Crippen LogP contribution in [0.5, 0.6) is 5.75 Å². The maximum absolute atomic E-state index is 14.1. The van der Waals surface area contributed by atoms with E-state index in [1.807, 2.05) is 37.2 Å². The topological polar surface area (TPSA) is 124 Å². The third-order valence-electron chi connectivity index (χ3n) is 11.0. The molecular weight excluding hydrogens is 608 g/mol. The van der Waals surface area contributed by atoms with E-state index >= 15 is 0 Å². The first-order valence-electron chi connectivity index (χ1n) is 16.2. The Labute approximate surface area is 277 Å². The van der Waals surface area contributed by atoms with Gasteiger partial charge in [0.1, 0.15) is 17.9 Å². The molecule has 2 bridgehead atoms. The van der Waals surface area contributed by atoms with E-state index in [4.69, 9.17) is 21.2 Å². The highest BCUT2D eigenvalue weighted by molar-refractivity contribution is 6.31. The zero-order valence-electron chi connectivity index (χ0n) is 28.1. The fourth-order valence-corrected chi connectivity index (χ4v) is 8.36. The van der Waals surface area contributed by atoms with Crippen LogP contribution in [0.25, 0.3) is 11.1 Å². The summed E-state index contributed by atoms with van der Waals surface area (Å²) < 4.78 is 5.96. The normalized spacial score (nSPS) is 29.1. The van der Waals surface area contributed by atoms with Crippen LogP contribution in [0.15, 0.2) is 30.3 Å². The Hall–Kier alpha value is -2.89. The molecule has 10 nitrogen and oxygen atoms in total.